The number of nitrogens with two attached hydrogens (primary N) is 1. The third kappa shape index (κ3) is 4.97. The summed E-state index contributed by atoms with van der Waals surface area (Å²) in [7, 11) is 2.50. The molecule has 11 nitrogen and oxygen atoms in total. The Morgan fingerprint density at radius 1 is 1.17 bits per heavy atom. The van der Waals surface area contributed by atoms with Crippen LogP contribution in [0.4, 0.5) is 22.9 Å². The van der Waals surface area contributed by atoms with Gasteiger partial charge in [0.25, 0.3) is 0 Å². The van der Waals surface area contributed by atoms with Gasteiger partial charge in [-0.2, -0.15) is 0 Å². The lowest BCUT2D eigenvalue weighted by molar-refractivity contribution is 0.249. The number of aliphatic imine (C=N–C) groups is 1. The predicted molar refractivity (Wildman–Crippen MR) is 169 cm³/mol. The van der Waals surface area contributed by atoms with Gasteiger partial charge in [0.05, 0.1) is 35.9 Å². The van der Waals surface area contributed by atoms with Crippen LogP contribution in [0.1, 0.15) is 35.1 Å². The molecule has 0 aliphatic carbocycles. The van der Waals surface area contributed by atoms with Gasteiger partial charge < -0.3 is 30.2 Å². The van der Waals surface area contributed by atoms with Crippen LogP contribution >= 0.6 is 0 Å². The second kappa shape index (κ2) is 10.5. The highest BCUT2D eigenvalue weighted by Gasteiger charge is 2.38. The van der Waals surface area contributed by atoms with Crippen LogP contribution < -0.4 is 30.3 Å². The van der Waals surface area contributed by atoms with Gasteiger partial charge >= 0.3 is 0 Å². The number of amidine groups is 1. The van der Waals surface area contributed by atoms with Crippen LogP contribution in [0, 0.1) is 6.92 Å². The lowest BCUT2D eigenvalue weighted by atomic mass is 9.98. The number of hydrogen-bond donors (Lipinski definition) is 4. The van der Waals surface area contributed by atoms with E-state index in [0.717, 1.165) is 48.3 Å². The molecule has 6 rings (SSSR count). The van der Waals surface area contributed by atoms with Crippen molar-refractivity contribution in [2.24, 2.45) is 10.7 Å². The number of sulfonamides is 1. The zero-order valence-corrected chi connectivity index (χ0v) is 25.7. The van der Waals surface area contributed by atoms with E-state index in [1.54, 1.807) is 7.11 Å². The highest BCUT2D eigenvalue weighted by atomic mass is 32.2. The van der Waals surface area contributed by atoms with Crippen molar-refractivity contribution in [2.45, 2.75) is 38.0 Å². The first-order valence-electron chi connectivity index (χ1n) is 14.3. The van der Waals surface area contributed by atoms with Gasteiger partial charge in [0, 0.05) is 43.6 Å². The van der Waals surface area contributed by atoms with Gasteiger partial charge in [-0.25, -0.2) is 13.4 Å². The first kappa shape index (κ1) is 28.4. The van der Waals surface area contributed by atoms with E-state index in [1.807, 2.05) is 30.5 Å². The van der Waals surface area contributed by atoms with E-state index in [0.29, 0.717) is 53.3 Å². The van der Waals surface area contributed by atoms with Crippen LogP contribution in [0.15, 0.2) is 47.6 Å². The Labute approximate surface area is 247 Å². The molecule has 224 valence electrons. The number of aromatic nitrogens is 1. The number of benzene rings is 2. The summed E-state index contributed by atoms with van der Waals surface area (Å²) in [4.78, 5) is 13.0. The number of piperidine rings is 1. The second-order valence-corrected chi connectivity index (χ2v) is 13.6. The average molecular weight is 593 g/mol. The zero-order valence-electron chi connectivity index (χ0n) is 24.9. The molecule has 1 saturated heterocycles. The van der Waals surface area contributed by atoms with Crippen molar-refractivity contribution in [1.82, 2.24) is 9.88 Å². The lowest BCUT2D eigenvalue weighted by Crippen LogP contribution is -2.47. The predicted octanol–water partition coefficient (Wildman–Crippen LogP) is 3.24. The van der Waals surface area contributed by atoms with Crippen molar-refractivity contribution in [1.29, 1.82) is 0 Å². The molecule has 0 bridgehead atoms. The highest BCUT2D eigenvalue weighted by molar-refractivity contribution is 7.92. The largest absolute Gasteiger partial charge is 0.496 e. The lowest BCUT2D eigenvalue weighted by Gasteiger charge is -2.38. The van der Waals surface area contributed by atoms with Gasteiger partial charge in [-0.3, -0.25) is 10.0 Å². The normalized spacial score (nSPS) is 20.7. The fraction of sp³-hybridized carbons (Fsp3) is 0.433. The number of nitrogens with zero attached hydrogens (tertiary/aromatic N) is 4. The van der Waals surface area contributed by atoms with E-state index >= 15 is 0 Å². The molecule has 1 fully saturated rings. The topological polar surface area (TPSA) is 131 Å². The number of fused-ring (bicyclic) bond motifs is 2. The number of nitrogens with one attached hydrogen (secondary N) is 3. The first-order valence-corrected chi connectivity index (χ1v) is 16.1. The number of anilines is 4. The molecule has 1 atom stereocenters. The molecule has 1 aromatic heterocycles. The summed E-state index contributed by atoms with van der Waals surface area (Å²) >= 11 is 0. The van der Waals surface area contributed by atoms with Gasteiger partial charge in [0.15, 0.2) is 0 Å². The van der Waals surface area contributed by atoms with Crippen LogP contribution in [0.5, 0.6) is 5.75 Å². The molecular weight excluding hydrogens is 552 g/mol. The average Bonchev–Trinajstić information content (AvgIpc) is 3.61. The highest BCUT2D eigenvalue weighted by Crippen LogP contribution is 2.41. The number of rotatable bonds is 6. The molecule has 2 aromatic carbocycles. The van der Waals surface area contributed by atoms with Gasteiger partial charge in [-0.15, -0.1) is 0 Å². The SMILES string of the molecule is COc1cc(N2CCC(N(C)C)CC2)c(C)cc1C1(N)N=C(Nc2cccc3c2N(S(C)(=O)=O)CC3)c2cc[nH]c2N1. The minimum absolute atomic E-state index is 0.409. The van der Waals surface area contributed by atoms with Crippen molar-refractivity contribution in [3.05, 3.63) is 64.8 Å². The molecule has 0 saturated carbocycles. The van der Waals surface area contributed by atoms with Crippen LogP contribution in [0.3, 0.4) is 0 Å². The van der Waals surface area contributed by atoms with E-state index in [2.05, 4.69) is 58.6 Å². The minimum Gasteiger partial charge on any atom is -0.496 e. The molecule has 5 N–H and O–H groups in total. The fourth-order valence-electron chi connectivity index (χ4n) is 6.44. The zero-order chi connectivity index (χ0) is 29.8. The Balaban J connectivity index is 1.38. The van der Waals surface area contributed by atoms with E-state index in [9.17, 15) is 8.42 Å². The van der Waals surface area contributed by atoms with E-state index in [-0.39, 0.29) is 0 Å². The number of H-pyrrole nitrogens is 1. The van der Waals surface area contributed by atoms with Crippen molar-refractivity contribution in [3.8, 4) is 5.75 Å². The standard InChI is InChI=1S/C30H40N8O3S/c1-19-17-23(26(41-4)18-25(19)37-14-11-21(12-15-37)36(2)3)30(31)34-28-22(9-13-32-28)29(35-30)33-24-8-6-7-20-10-16-38(27(20)24)42(5,39)40/h6-9,13,17-18,21,32,34H,10-12,14-16,31H2,1-5H3,(H,33,35). The number of ether oxygens (including phenoxy) is 1. The monoisotopic (exact) mass is 592 g/mol. The first-order chi connectivity index (χ1) is 20.0. The summed E-state index contributed by atoms with van der Waals surface area (Å²) in [6, 6.07) is 12.4. The molecule has 42 heavy (non-hydrogen) atoms. The van der Waals surface area contributed by atoms with Gasteiger partial charge in [0.1, 0.15) is 17.4 Å². The third-order valence-electron chi connectivity index (χ3n) is 8.68. The molecule has 0 amide bonds. The Bertz CT molecular complexity index is 1640. The molecule has 3 aliphatic rings. The Hall–Kier alpha value is -3.74. The van der Waals surface area contributed by atoms with Crippen LogP contribution in [0.2, 0.25) is 0 Å². The molecule has 4 heterocycles. The third-order valence-corrected chi connectivity index (χ3v) is 9.84. The molecule has 0 radical (unpaired) electrons. The van der Waals surface area contributed by atoms with Crippen molar-refractivity contribution in [2.75, 3.05) is 66.9 Å². The molecule has 3 aromatic rings. The number of aromatic amines is 1. The number of methoxy groups -OCH3 is 1. The molecule has 3 aliphatic heterocycles. The van der Waals surface area contributed by atoms with Gasteiger partial charge in [0.2, 0.25) is 15.8 Å². The van der Waals surface area contributed by atoms with Crippen LogP contribution in [0.25, 0.3) is 0 Å². The van der Waals surface area contributed by atoms with Crippen molar-refractivity contribution < 1.29 is 13.2 Å². The van der Waals surface area contributed by atoms with E-state index < -0.39 is 15.8 Å². The van der Waals surface area contributed by atoms with E-state index in [1.165, 1.54) is 10.6 Å². The van der Waals surface area contributed by atoms with Crippen LogP contribution in [-0.4, -0.2) is 77.3 Å². The minimum atomic E-state index is -3.44. The fourth-order valence-corrected chi connectivity index (χ4v) is 7.41. The smallest absolute Gasteiger partial charge is 0.232 e. The molecule has 1 unspecified atom stereocenters. The maximum Gasteiger partial charge on any atom is 0.232 e. The van der Waals surface area contributed by atoms with Crippen molar-refractivity contribution >= 4 is 38.7 Å². The maximum absolute atomic E-state index is 12.6. The molecule has 0 spiro atoms. The quantitative estimate of drug-likeness (QED) is 0.343. The summed E-state index contributed by atoms with van der Waals surface area (Å²) < 4.78 is 32.5. The van der Waals surface area contributed by atoms with Gasteiger partial charge in [-0.1, -0.05) is 12.1 Å². The summed E-state index contributed by atoms with van der Waals surface area (Å²) in [6.45, 7) is 4.45. The Morgan fingerprint density at radius 2 is 1.93 bits per heavy atom. The number of para-hydroxylation sites is 1. The Kier molecular flexibility index (Phi) is 7.11. The number of hydrogen-bond acceptors (Lipinski definition) is 9. The summed E-state index contributed by atoms with van der Waals surface area (Å²) in [5.74, 6) is 0.511. The second-order valence-electron chi connectivity index (χ2n) is 11.7. The number of aryl methyl sites for hydroxylation is 1. The summed E-state index contributed by atoms with van der Waals surface area (Å²) in [5, 5.41) is 6.81. The van der Waals surface area contributed by atoms with E-state index in [4.69, 9.17) is 15.5 Å². The Morgan fingerprint density at radius 3 is 2.62 bits per heavy atom. The van der Waals surface area contributed by atoms with Crippen molar-refractivity contribution in [3.63, 3.8) is 0 Å². The summed E-state index contributed by atoms with van der Waals surface area (Å²) in [5.41, 5.74) is 13.1. The molecule has 12 heteroatoms. The molecular formula is C30H40N8O3S. The summed E-state index contributed by atoms with van der Waals surface area (Å²) in [6.07, 6.45) is 5.92. The van der Waals surface area contributed by atoms with Gasteiger partial charge in [-0.05, 0) is 69.6 Å². The van der Waals surface area contributed by atoms with Crippen LogP contribution in [-0.2, 0) is 22.2 Å². The maximum atomic E-state index is 12.6.